The SMILES string of the molecule is Cc1cc(CCNC(=O)NCCCc2ccccc2)on1. The van der Waals surface area contributed by atoms with E-state index in [1.165, 1.54) is 5.56 Å². The molecule has 2 aromatic rings. The van der Waals surface area contributed by atoms with Crippen LogP contribution in [0.15, 0.2) is 40.9 Å². The molecule has 5 heteroatoms. The number of hydrogen-bond donors (Lipinski definition) is 2. The maximum absolute atomic E-state index is 11.6. The summed E-state index contributed by atoms with van der Waals surface area (Å²) >= 11 is 0. The molecule has 0 radical (unpaired) electrons. The van der Waals surface area contributed by atoms with E-state index in [4.69, 9.17) is 4.52 Å². The Morgan fingerprint density at radius 3 is 2.62 bits per heavy atom. The number of aryl methyl sites for hydroxylation is 2. The fraction of sp³-hybridized carbons (Fsp3) is 0.375. The third-order valence-electron chi connectivity index (χ3n) is 3.10. The number of hydrogen-bond acceptors (Lipinski definition) is 3. The van der Waals surface area contributed by atoms with Crippen LogP contribution in [0, 0.1) is 6.92 Å². The lowest BCUT2D eigenvalue weighted by atomic mass is 10.1. The molecule has 2 amide bonds. The average Bonchev–Trinajstić information content (AvgIpc) is 2.90. The molecular weight excluding hydrogens is 266 g/mol. The molecular formula is C16H21N3O2. The third-order valence-corrected chi connectivity index (χ3v) is 3.10. The fourth-order valence-corrected chi connectivity index (χ4v) is 2.03. The highest BCUT2D eigenvalue weighted by atomic mass is 16.5. The number of nitrogens with zero attached hydrogens (tertiary/aromatic N) is 1. The van der Waals surface area contributed by atoms with Gasteiger partial charge in [0.2, 0.25) is 0 Å². The highest BCUT2D eigenvalue weighted by Gasteiger charge is 2.02. The molecule has 0 fully saturated rings. The molecule has 0 atom stereocenters. The molecule has 0 saturated carbocycles. The molecule has 2 rings (SSSR count). The second-order valence-corrected chi connectivity index (χ2v) is 4.96. The standard InChI is InChI=1S/C16H21N3O2/c1-13-12-15(21-19-13)9-11-18-16(20)17-10-5-8-14-6-3-2-4-7-14/h2-4,6-7,12H,5,8-11H2,1H3,(H2,17,18,20). The summed E-state index contributed by atoms with van der Waals surface area (Å²) in [6.45, 7) is 3.08. The van der Waals surface area contributed by atoms with E-state index in [1.807, 2.05) is 31.2 Å². The van der Waals surface area contributed by atoms with Crippen LogP contribution in [0.2, 0.25) is 0 Å². The number of amides is 2. The number of nitrogens with one attached hydrogen (secondary N) is 2. The van der Waals surface area contributed by atoms with Gasteiger partial charge < -0.3 is 15.2 Å². The summed E-state index contributed by atoms with van der Waals surface area (Å²) in [5.41, 5.74) is 2.15. The van der Waals surface area contributed by atoms with Gasteiger partial charge in [0, 0.05) is 25.6 Å². The number of rotatable bonds is 7. The van der Waals surface area contributed by atoms with Crippen molar-refractivity contribution in [3.63, 3.8) is 0 Å². The lowest BCUT2D eigenvalue weighted by Gasteiger charge is -2.06. The predicted octanol–water partition coefficient (Wildman–Crippen LogP) is 2.46. The Morgan fingerprint density at radius 2 is 1.90 bits per heavy atom. The molecule has 1 aromatic heterocycles. The van der Waals surface area contributed by atoms with Crippen LogP contribution in [-0.4, -0.2) is 24.3 Å². The Morgan fingerprint density at radius 1 is 1.14 bits per heavy atom. The maximum atomic E-state index is 11.6. The van der Waals surface area contributed by atoms with Gasteiger partial charge in [-0.05, 0) is 25.3 Å². The molecule has 0 bridgehead atoms. The molecule has 112 valence electrons. The number of carbonyl (C=O) groups is 1. The first-order chi connectivity index (χ1) is 10.2. The molecule has 2 N–H and O–H groups in total. The molecule has 0 saturated heterocycles. The van der Waals surface area contributed by atoms with Crippen LogP contribution in [0.25, 0.3) is 0 Å². The van der Waals surface area contributed by atoms with Crippen LogP contribution in [0.1, 0.15) is 23.4 Å². The van der Waals surface area contributed by atoms with E-state index in [1.54, 1.807) is 0 Å². The van der Waals surface area contributed by atoms with Crippen molar-refractivity contribution in [1.29, 1.82) is 0 Å². The first-order valence-electron chi connectivity index (χ1n) is 7.22. The number of urea groups is 1. The molecule has 21 heavy (non-hydrogen) atoms. The molecule has 0 aliphatic rings. The quantitative estimate of drug-likeness (QED) is 0.769. The second kappa shape index (κ2) is 8.09. The van der Waals surface area contributed by atoms with E-state index >= 15 is 0 Å². The number of benzene rings is 1. The lowest BCUT2D eigenvalue weighted by molar-refractivity contribution is 0.240. The van der Waals surface area contributed by atoms with E-state index in [-0.39, 0.29) is 6.03 Å². The van der Waals surface area contributed by atoms with Gasteiger partial charge in [-0.3, -0.25) is 0 Å². The Labute approximate surface area is 124 Å². The summed E-state index contributed by atoms with van der Waals surface area (Å²) in [5, 5.41) is 9.45. The smallest absolute Gasteiger partial charge is 0.314 e. The van der Waals surface area contributed by atoms with Gasteiger partial charge in [-0.15, -0.1) is 0 Å². The lowest BCUT2D eigenvalue weighted by Crippen LogP contribution is -2.37. The minimum atomic E-state index is -0.140. The second-order valence-electron chi connectivity index (χ2n) is 4.96. The van der Waals surface area contributed by atoms with Crippen molar-refractivity contribution in [3.8, 4) is 0 Å². The van der Waals surface area contributed by atoms with Gasteiger partial charge in [0.1, 0.15) is 5.76 Å². The van der Waals surface area contributed by atoms with Crippen LogP contribution in [-0.2, 0) is 12.8 Å². The van der Waals surface area contributed by atoms with Crippen LogP contribution in [0.3, 0.4) is 0 Å². The molecule has 0 aliphatic heterocycles. The maximum Gasteiger partial charge on any atom is 0.314 e. The van der Waals surface area contributed by atoms with Gasteiger partial charge in [-0.2, -0.15) is 0 Å². The van der Waals surface area contributed by atoms with Gasteiger partial charge >= 0.3 is 6.03 Å². The van der Waals surface area contributed by atoms with E-state index in [0.29, 0.717) is 19.5 Å². The predicted molar refractivity (Wildman–Crippen MR) is 81.1 cm³/mol. The van der Waals surface area contributed by atoms with Gasteiger partial charge in [0.25, 0.3) is 0 Å². The van der Waals surface area contributed by atoms with Crippen molar-refractivity contribution in [2.75, 3.05) is 13.1 Å². The Hall–Kier alpha value is -2.30. The Balaban J connectivity index is 1.53. The van der Waals surface area contributed by atoms with Gasteiger partial charge in [-0.1, -0.05) is 35.5 Å². The summed E-state index contributed by atoms with van der Waals surface area (Å²) in [4.78, 5) is 11.6. The Kier molecular flexibility index (Phi) is 5.82. The largest absolute Gasteiger partial charge is 0.361 e. The van der Waals surface area contributed by atoms with E-state index in [0.717, 1.165) is 24.3 Å². The summed E-state index contributed by atoms with van der Waals surface area (Å²) in [6, 6.07) is 12.0. The highest BCUT2D eigenvalue weighted by Crippen LogP contribution is 2.02. The van der Waals surface area contributed by atoms with E-state index in [2.05, 4.69) is 27.9 Å². The molecule has 1 heterocycles. The molecule has 0 aliphatic carbocycles. The zero-order valence-electron chi connectivity index (χ0n) is 12.3. The molecule has 1 aromatic carbocycles. The van der Waals surface area contributed by atoms with Crippen molar-refractivity contribution in [2.24, 2.45) is 0 Å². The summed E-state index contributed by atoms with van der Waals surface area (Å²) in [6.07, 6.45) is 2.55. The molecule has 5 nitrogen and oxygen atoms in total. The average molecular weight is 287 g/mol. The molecule has 0 unspecified atom stereocenters. The summed E-state index contributed by atoms with van der Waals surface area (Å²) in [5.74, 6) is 0.789. The van der Waals surface area contributed by atoms with Gasteiger partial charge in [-0.25, -0.2) is 4.79 Å². The van der Waals surface area contributed by atoms with Crippen LogP contribution < -0.4 is 10.6 Å². The normalized spacial score (nSPS) is 10.3. The minimum Gasteiger partial charge on any atom is -0.361 e. The van der Waals surface area contributed by atoms with Crippen molar-refractivity contribution >= 4 is 6.03 Å². The van der Waals surface area contributed by atoms with Gasteiger partial charge in [0.05, 0.1) is 5.69 Å². The van der Waals surface area contributed by atoms with Crippen LogP contribution in [0.4, 0.5) is 4.79 Å². The first-order valence-corrected chi connectivity index (χ1v) is 7.22. The molecule has 0 spiro atoms. The van der Waals surface area contributed by atoms with Crippen LogP contribution in [0.5, 0.6) is 0 Å². The van der Waals surface area contributed by atoms with Crippen molar-refractivity contribution in [2.45, 2.75) is 26.2 Å². The first kappa shape index (κ1) is 15.1. The zero-order valence-corrected chi connectivity index (χ0v) is 12.3. The monoisotopic (exact) mass is 287 g/mol. The summed E-state index contributed by atoms with van der Waals surface area (Å²) in [7, 11) is 0. The third kappa shape index (κ3) is 5.69. The number of aromatic nitrogens is 1. The van der Waals surface area contributed by atoms with Crippen molar-refractivity contribution in [3.05, 3.63) is 53.4 Å². The topological polar surface area (TPSA) is 67.2 Å². The Bertz CT molecular complexity index is 552. The van der Waals surface area contributed by atoms with Crippen molar-refractivity contribution < 1.29 is 9.32 Å². The van der Waals surface area contributed by atoms with Crippen LogP contribution >= 0.6 is 0 Å². The van der Waals surface area contributed by atoms with E-state index < -0.39 is 0 Å². The van der Waals surface area contributed by atoms with E-state index in [9.17, 15) is 4.79 Å². The summed E-state index contributed by atoms with van der Waals surface area (Å²) < 4.78 is 5.07. The highest BCUT2D eigenvalue weighted by molar-refractivity contribution is 5.73. The van der Waals surface area contributed by atoms with Crippen molar-refractivity contribution in [1.82, 2.24) is 15.8 Å². The fourth-order valence-electron chi connectivity index (χ4n) is 2.03. The minimum absolute atomic E-state index is 0.140. The zero-order chi connectivity index (χ0) is 14.9. The van der Waals surface area contributed by atoms with Gasteiger partial charge in [0.15, 0.2) is 0 Å². The number of carbonyl (C=O) groups excluding carboxylic acids is 1.